The number of urea groups is 1. The second-order valence-electron chi connectivity index (χ2n) is 8.41. The van der Waals surface area contributed by atoms with Crippen LogP contribution in [0.15, 0.2) is 59.3 Å². The number of carbonyl (C=O) groups is 2. The molecule has 3 aliphatic heterocycles. The molecule has 0 spiro atoms. The first-order chi connectivity index (χ1) is 15.4. The number of benzene rings is 2. The van der Waals surface area contributed by atoms with Gasteiger partial charge in [-0.2, -0.15) is 0 Å². The molecule has 0 saturated carbocycles. The summed E-state index contributed by atoms with van der Waals surface area (Å²) < 4.78 is 0.791. The van der Waals surface area contributed by atoms with E-state index in [2.05, 4.69) is 69.2 Å². The van der Waals surface area contributed by atoms with E-state index in [0.29, 0.717) is 5.69 Å². The largest absolute Gasteiger partial charge is 0.340 e. The summed E-state index contributed by atoms with van der Waals surface area (Å²) in [6, 6.07) is 13.9. The molecule has 0 radical (unpaired) electrons. The van der Waals surface area contributed by atoms with Gasteiger partial charge in [-0.1, -0.05) is 30.3 Å². The highest BCUT2D eigenvalue weighted by Gasteiger charge is 2.48. The molecule has 2 fully saturated rings. The summed E-state index contributed by atoms with van der Waals surface area (Å²) in [5, 5.41) is 6.29. The number of aryl methyl sites for hydroxylation is 2. The van der Waals surface area contributed by atoms with Gasteiger partial charge in [0.05, 0.1) is 17.8 Å². The van der Waals surface area contributed by atoms with Gasteiger partial charge in [0.15, 0.2) is 0 Å². The Bertz CT molecular complexity index is 1110. The van der Waals surface area contributed by atoms with E-state index < -0.39 is 0 Å². The first-order valence-electron chi connectivity index (χ1n) is 10.6. The number of rotatable bonds is 4. The second kappa shape index (κ2) is 8.23. The minimum absolute atomic E-state index is 0.0480. The van der Waals surface area contributed by atoms with Crippen LogP contribution in [0.25, 0.3) is 0 Å². The summed E-state index contributed by atoms with van der Waals surface area (Å²) in [4.78, 5) is 27.2. The summed E-state index contributed by atoms with van der Waals surface area (Å²) in [6.45, 7) is 4.15. The van der Waals surface area contributed by atoms with Gasteiger partial charge in [-0.3, -0.25) is 9.69 Å². The predicted octanol–water partition coefficient (Wildman–Crippen LogP) is 3.38. The van der Waals surface area contributed by atoms with Crippen LogP contribution in [0.4, 0.5) is 10.5 Å². The van der Waals surface area contributed by atoms with Gasteiger partial charge >= 0.3 is 6.03 Å². The topological polar surface area (TPSA) is 80.0 Å². The Morgan fingerprint density at radius 3 is 2.72 bits per heavy atom. The lowest BCUT2D eigenvalue weighted by Gasteiger charge is -2.34. The molecule has 0 bridgehead atoms. The van der Waals surface area contributed by atoms with Crippen LogP contribution in [0, 0.1) is 13.8 Å². The van der Waals surface area contributed by atoms with Crippen molar-refractivity contribution in [3.63, 3.8) is 0 Å². The van der Waals surface area contributed by atoms with E-state index in [0.717, 1.165) is 10.9 Å². The van der Waals surface area contributed by atoms with Crippen LogP contribution in [0.1, 0.15) is 29.2 Å². The van der Waals surface area contributed by atoms with Crippen LogP contribution in [0.2, 0.25) is 0 Å². The number of fused-ring (bicyclic) bond motifs is 3. The average molecular weight is 497 g/mol. The van der Waals surface area contributed by atoms with Crippen molar-refractivity contribution >= 4 is 33.6 Å². The Morgan fingerprint density at radius 2 is 1.94 bits per heavy atom. The fraction of sp³-hybridized carbons (Fsp3) is 0.304. The summed E-state index contributed by atoms with van der Waals surface area (Å²) in [5.41, 5.74) is 11.2. The lowest BCUT2D eigenvalue weighted by atomic mass is 9.97. The number of nitrogens with one attached hydrogen (secondary N) is 3. The van der Waals surface area contributed by atoms with Crippen LogP contribution < -0.4 is 16.2 Å². The molecule has 2 aromatic rings. The third-order valence-corrected chi connectivity index (χ3v) is 7.01. The summed E-state index contributed by atoms with van der Waals surface area (Å²) in [6.07, 6.45) is 4.25. The van der Waals surface area contributed by atoms with E-state index in [1.165, 1.54) is 21.7 Å². The van der Waals surface area contributed by atoms with Crippen LogP contribution >= 0.6 is 15.9 Å². The number of anilines is 1. The van der Waals surface area contributed by atoms with Gasteiger partial charge in [-0.25, -0.2) is 20.7 Å². The highest BCUT2D eigenvalue weighted by Crippen LogP contribution is 2.35. The smallest absolute Gasteiger partial charge is 0.323 e. The van der Waals surface area contributed by atoms with E-state index in [-0.39, 0.29) is 36.7 Å². The third-order valence-electron chi connectivity index (χ3n) is 6.31. The molecule has 0 aliphatic carbocycles. The minimum atomic E-state index is -0.268. The Morgan fingerprint density at radius 1 is 1.12 bits per heavy atom. The van der Waals surface area contributed by atoms with Crippen molar-refractivity contribution in [3.05, 3.63) is 76.0 Å². The molecule has 3 unspecified atom stereocenters. The van der Waals surface area contributed by atoms with Crippen molar-refractivity contribution < 1.29 is 9.59 Å². The van der Waals surface area contributed by atoms with E-state index in [9.17, 15) is 9.59 Å². The maximum absolute atomic E-state index is 12.9. The Hall–Kier alpha value is -2.88. The Labute approximate surface area is 195 Å². The molecule has 9 heteroatoms. The van der Waals surface area contributed by atoms with Crippen molar-refractivity contribution in [2.45, 2.75) is 38.5 Å². The van der Waals surface area contributed by atoms with Crippen LogP contribution in [0.3, 0.4) is 0 Å². The van der Waals surface area contributed by atoms with Crippen molar-refractivity contribution in [2.24, 2.45) is 0 Å². The summed E-state index contributed by atoms with van der Waals surface area (Å²) in [7, 11) is 0. The van der Waals surface area contributed by atoms with Gasteiger partial charge in [-0.15, -0.1) is 0 Å². The maximum atomic E-state index is 12.9. The first kappa shape index (κ1) is 21.0. The molecule has 2 aromatic carbocycles. The zero-order valence-electron chi connectivity index (χ0n) is 17.9. The van der Waals surface area contributed by atoms with Crippen molar-refractivity contribution in [1.29, 1.82) is 0 Å². The van der Waals surface area contributed by atoms with Crippen molar-refractivity contribution in [1.82, 2.24) is 25.8 Å². The van der Waals surface area contributed by atoms with E-state index in [1.807, 2.05) is 30.5 Å². The van der Waals surface area contributed by atoms with Crippen LogP contribution in [-0.4, -0.2) is 45.6 Å². The second-order valence-corrected chi connectivity index (χ2v) is 9.27. The number of hydrazine groups is 2. The fourth-order valence-corrected chi connectivity index (χ4v) is 4.81. The molecule has 3 aliphatic rings. The number of hydrogen-bond donors (Lipinski definition) is 3. The molecule has 5 rings (SSSR count). The maximum Gasteiger partial charge on any atom is 0.340 e. The van der Waals surface area contributed by atoms with Gasteiger partial charge in [0.1, 0.15) is 12.7 Å². The van der Waals surface area contributed by atoms with E-state index >= 15 is 0 Å². The summed E-state index contributed by atoms with van der Waals surface area (Å²) >= 11 is 3.42. The van der Waals surface area contributed by atoms with Gasteiger partial charge in [0.2, 0.25) is 5.91 Å². The number of amides is 3. The highest BCUT2D eigenvalue weighted by molar-refractivity contribution is 9.10. The molecular weight excluding hydrogens is 472 g/mol. The number of halogens is 1. The predicted molar refractivity (Wildman–Crippen MR) is 125 cm³/mol. The van der Waals surface area contributed by atoms with Crippen LogP contribution in [-0.2, 0) is 4.79 Å². The van der Waals surface area contributed by atoms with Crippen molar-refractivity contribution in [2.75, 3.05) is 11.9 Å². The summed E-state index contributed by atoms with van der Waals surface area (Å²) in [5.74, 6) is -0.268. The molecule has 32 heavy (non-hydrogen) atoms. The molecule has 2 saturated heterocycles. The first-order valence-corrected chi connectivity index (χ1v) is 11.4. The zero-order chi connectivity index (χ0) is 22.4. The van der Waals surface area contributed by atoms with E-state index in [4.69, 9.17) is 0 Å². The fourth-order valence-electron chi connectivity index (χ4n) is 4.43. The quantitative estimate of drug-likeness (QED) is 0.604. The Kier molecular flexibility index (Phi) is 5.40. The van der Waals surface area contributed by atoms with Crippen molar-refractivity contribution in [3.8, 4) is 0 Å². The number of nitrogens with zero attached hydrogens (tertiary/aromatic N) is 3. The number of para-hydroxylation sites is 1. The molecule has 166 valence electrons. The molecule has 3 amide bonds. The molecule has 3 N–H and O–H groups in total. The normalized spacial score (nSPS) is 24.0. The third kappa shape index (κ3) is 3.76. The SMILES string of the molecule is Cc1ccc(C2CC3C4NN(CC(=O)Nc5ccccc5Br)C(=O)N4C=CN3N2)cc1C. The van der Waals surface area contributed by atoms with E-state index in [1.54, 1.807) is 11.1 Å². The standard InChI is InChI=1S/C23H25BrN6O2/c1-14-7-8-16(11-15(14)2)19-12-20-22-27-30(23(32)28(22)9-10-29(20)26-19)13-21(31)25-18-6-4-3-5-17(18)24/h3-11,19-20,22,26-27H,12-13H2,1-2H3,(H,25,31). The lowest BCUT2D eigenvalue weighted by molar-refractivity contribution is -0.117. The average Bonchev–Trinajstić information content (AvgIpc) is 3.33. The molecule has 8 nitrogen and oxygen atoms in total. The molecule has 3 heterocycles. The lowest BCUT2D eigenvalue weighted by Crippen LogP contribution is -2.54. The molecular formula is C23H25BrN6O2. The number of carbonyl (C=O) groups excluding carboxylic acids is 2. The molecule has 3 atom stereocenters. The molecule has 0 aromatic heterocycles. The monoisotopic (exact) mass is 496 g/mol. The van der Waals surface area contributed by atoms with Gasteiger partial charge in [0.25, 0.3) is 0 Å². The van der Waals surface area contributed by atoms with Crippen LogP contribution in [0.5, 0.6) is 0 Å². The minimum Gasteiger partial charge on any atom is -0.323 e. The highest BCUT2D eigenvalue weighted by atomic mass is 79.9. The number of hydrogen-bond acceptors (Lipinski definition) is 5. The zero-order valence-corrected chi connectivity index (χ0v) is 19.5. The van der Waals surface area contributed by atoms with Gasteiger partial charge < -0.3 is 10.3 Å². The van der Waals surface area contributed by atoms with Gasteiger partial charge in [0, 0.05) is 16.9 Å². The Balaban J connectivity index is 1.27. The van der Waals surface area contributed by atoms with Gasteiger partial charge in [-0.05, 0) is 65.0 Å².